The van der Waals surface area contributed by atoms with Crippen molar-refractivity contribution in [3.05, 3.63) is 63.9 Å². The summed E-state index contributed by atoms with van der Waals surface area (Å²) in [6, 6.07) is 11.2. The molecule has 5 nitrogen and oxygen atoms in total. The Kier molecular flexibility index (Phi) is 6.59. The molecule has 28 heavy (non-hydrogen) atoms. The van der Waals surface area contributed by atoms with Gasteiger partial charge in [-0.1, -0.05) is 53.2 Å². The van der Waals surface area contributed by atoms with Gasteiger partial charge in [0.25, 0.3) is 0 Å². The van der Waals surface area contributed by atoms with E-state index in [9.17, 15) is 9.18 Å². The van der Waals surface area contributed by atoms with Crippen molar-refractivity contribution in [3.63, 3.8) is 0 Å². The van der Waals surface area contributed by atoms with Crippen LogP contribution in [0.5, 0.6) is 0 Å². The topological polar surface area (TPSA) is 59.8 Å². The van der Waals surface area contributed by atoms with Crippen LogP contribution in [0.1, 0.15) is 18.5 Å². The van der Waals surface area contributed by atoms with Gasteiger partial charge < -0.3 is 9.88 Å². The number of rotatable bonds is 6. The van der Waals surface area contributed by atoms with Crippen LogP contribution in [-0.2, 0) is 11.8 Å². The van der Waals surface area contributed by atoms with Crippen LogP contribution >= 0.6 is 35.0 Å². The largest absolute Gasteiger partial charge is 0.349 e. The Bertz CT molecular complexity index is 1010. The average Bonchev–Trinajstić information content (AvgIpc) is 3.00. The van der Waals surface area contributed by atoms with E-state index >= 15 is 0 Å². The van der Waals surface area contributed by atoms with Crippen LogP contribution in [0.2, 0.25) is 10.0 Å². The third-order valence-electron chi connectivity index (χ3n) is 4.09. The number of carbonyl (C=O) groups is 1. The number of nitrogens with one attached hydrogen (secondary N) is 1. The lowest BCUT2D eigenvalue weighted by atomic mass is 10.1. The van der Waals surface area contributed by atoms with Gasteiger partial charge in [-0.2, -0.15) is 0 Å². The lowest BCUT2D eigenvalue weighted by molar-refractivity contribution is -0.119. The van der Waals surface area contributed by atoms with Crippen LogP contribution in [0.15, 0.2) is 47.6 Å². The average molecular weight is 439 g/mol. The zero-order valence-electron chi connectivity index (χ0n) is 15.1. The minimum absolute atomic E-state index is 0.138. The zero-order chi connectivity index (χ0) is 20.3. The van der Waals surface area contributed by atoms with Crippen molar-refractivity contribution in [2.75, 3.05) is 5.75 Å². The Morgan fingerprint density at radius 1 is 1.25 bits per heavy atom. The summed E-state index contributed by atoms with van der Waals surface area (Å²) < 4.78 is 15.6. The molecule has 0 saturated heterocycles. The van der Waals surface area contributed by atoms with Crippen molar-refractivity contribution < 1.29 is 9.18 Å². The summed E-state index contributed by atoms with van der Waals surface area (Å²) in [5.41, 5.74) is 1.14. The molecule has 1 amide bonds. The molecule has 0 aliphatic rings. The SMILES string of the molecule is CC(NC(=O)CSc1nnc(-c2ccccc2F)n1C)c1ccc(Cl)cc1Cl. The molecule has 1 atom stereocenters. The fourth-order valence-electron chi connectivity index (χ4n) is 2.66. The maximum atomic E-state index is 14.0. The first-order valence-corrected chi connectivity index (χ1v) is 10.1. The van der Waals surface area contributed by atoms with Crippen molar-refractivity contribution in [2.45, 2.75) is 18.1 Å². The van der Waals surface area contributed by atoms with Gasteiger partial charge in [0.05, 0.1) is 17.4 Å². The summed E-state index contributed by atoms with van der Waals surface area (Å²) in [5, 5.41) is 12.5. The van der Waals surface area contributed by atoms with Gasteiger partial charge in [0.15, 0.2) is 11.0 Å². The quantitative estimate of drug-likeness (QED) is 0.556. The number of thioether (sulfide) groups is 1. The van der Waals surface area contributed by atoms with Gasteiger partial charge >= 0.3 is 0 Å². The second kappa shape index (κ2) is 8.94. The van der Waals surface area contributed by atoms with E-state index in [1.54, 1.807) is 48.0 Å². The molecular formula is C19H17Cl2FN4OS. The van der Waals surface area contributed by atoms with E-state index in [-0.39, 0.29) is 23.5 Å². The molecule has 0 aliphatic carbocycles. The van der Waals surface area contributed by atoms with Crippen molar-refractivity contribution in [1.29, 1.82) is 0 Å². The summed E-state index contributed by atoms with van der Waals surface area (Å²) >= 11 is 13.3. The monoisotopic (exact) mass is 438 g/mol. The second-order valence-electron chi connectivity index (χ2n) is 6.09. The first-order chi connectivity index (χ1) is 13.4. The molecule has 2 aromatic carbocycles. The van der Waals surface area contributed by atoms with Crippen LogP contribution in [0.3, 0.4) is 0 Å². The van der Waals surface area contributed by atoms with E-state index in [0.717, 1.165) is 5.56 Å². The Morgan fingerprint density at radius 2 is 2.00 bits per heavy atom. The molecule has 1 heterocycles. The fourth-order valence-corrected chi connectivity index (χ4v) is 3.96. The summed E-state index contributed by atoms with van der Waals surface area (Å²) in [5.74, 6) is -0.0130. The van der Waals surface area contributed by atoms with Gasteiger partial charge in [-0.15, -0.1) is 10.2 Å². The molecule has 3 aromatic rings. The highest BCUT2D eigenvalue weighted by Crippen LogP contribution is 2.27. The summed E-state index contributed by atoms with van der Waals surface area (Å²) in [7, 11) is 1.73. The minimum atomic E-state index is -0.374. The van der Waals surface area contributed by atoms with Gasteiger partial charge in [0.2, 0.25) is 5.91 Å². The highest BCUT2D eigenvalue weighted by atomic mass is 35.5. The Hall–Kier alpha value is -2.09. The first-order valence-electron chi connectivity index (χ1n) is 8.38. The van der Waals surface area contributed by atoms with Gasteiger partial charge in [-0.25, -0.2) is 4.39 Å². The number of aromatic nitrogens is 3. The van der Waals surface area contributed by atoms with E-state index in [0.29, 0.717) is 26.6 Å². The van der Waals surface area contributed by atoms with Gasteiger partial charge in [0, 0.05) is 17.1 Å². The molecule has 0 saturated carbocycles. The molecule has 0 fully saturated rings. The Balaban J connectivity index is 1.63. The number of amides is 1. The molecule has 0 aliphatic heterocycles. The van der Waals surface area contributed by atoms with Crippen molar-refractivity contribution in [3.8, 4) is 11.4 Å². The molecule has 9 heteroatoms. The predicted molar refractivity (Wildman–Crippen MR) is 110 cm³/mol. The molecule has 0 bridgehead atoms. The molecule has 0 spiro atoms. The smallest absolute Gasteiger partial charge is 0.230 e. The van der Waals surface area contributed by atoms with Crippen molar-refractivity contribution >= 4 is 40.9 Å². The lowest BCUT2D eigenvalue weighted by Crippen LogP contribution is -2.28. The fraction of sp³-hybridized carbons (Fsp3) is 0.211. The number of nitrogens with zero attached hydrogens (tertiary/aromatic N) is 3. The molecule has 1 N–H and O–H groups in total. The molecular weight excluding hydrogens is 422 g/mol. The maximum Gasteiger partial charge on any atom is 0.230 e. The number of hydrogen-bond acceptors (Lipinski definition) is 4. The summed E-state index contributed by atoms with van der Waals surface area (Å²) in [6.07, 6.45) is 0. The summed E-state index contributed by atoms with van der Waals surface area (Å²) in [6.45, 7) is 1.84. The first kappa shape index (κ1) is 20.6. The van der Waals surface area contributed by atoms with Gasteiger partial charge in [0.1, 0.15) is 5.82 Å². The molecule has 1 aromatic heterocycles. The van der Waals surface area contributed by atoms with Gasteiger partial charge in [-0.3, -0.25) is 4.79 Å². The molecule has 146 valence electrons. The van der Waals surface area contributed by atoms with Crippen LogP contribution < -0.4 is 5.32 Å². The van der Waals surface area contributed by atoms with Crippen LogP contribution in [0, 0.1) is 5.82 Å². The van der Waals surface area contributed by atoms with Crippen LogP contribution in [0.25, 0.3) is 11.4 Å². The van der Waals surface area contributed by atoms with Crippen LogP contribution in [-0.4, -0.2) is 26.4 Å². The minimum Gasteiger partial charge on any atom is -0.349 e. The molecule has 1 unspecified atom stereocenters. The number of hydrogen-bond donors (Lipinski definition) is 1. The van der Waals surface area contributed by atoms with Crippen molar-refractivity contribution in [1.82, 2.24) is 20.1 Å². The molecule has 0 radical (unpaired) electrons. The van der Waals surface area contributed by atoms with E-state index in [4.69, 9.17) is 23.2 Å². The summed E-state index contributed by atoms with van der Waals surface area (Å²) in [4.78, 5) is 12.3. The number of carbonyl (C=O) groups excluding carboxylic acids is 1. The molecule has 3 rings (SSSR count). The predicted octanol–water partition coefficient (Wildman–Crippen LogP) is 4.90. The van der Waals surface area contributed by atoms with E-state index in [1.807, 2.05) is 6.92 Å². The number of benzene rings is 2. The third kappa shape index (κ3) is 4.66. The van der Waals surface area contributed by atoms with E-state index in [1.165, 1.54) is 17.8 Å². The zero-order valence-corrected chi connectivity index (χ0v) is 17.4. The highest BCUT2D eigenvalue weighted by Gasteiger charge is 2.17. The standard InChI is InChI=1S/C19H17Cl2FN4OS/c1-11(13-8-7-12(20)9-15(13)21)23-17(27)10-28-19-25-24-18(26(19)2)14-5-3-4-6-16(14)22/h3-9,11H,10H2,1-2H3,(H,23,27). The maximum absolute atomic E-state index is 14.0. The highest BCUT2D eigenvalue weighted by molar-refractivity contribution is 7.99. The third-order valence-corrected chi connectivity index (χ3v) is 5.67. The van der Waals surface area contributed by atoms with E-state index < -0.39 is 0 Å². The lowest BCUT2D eigenvalue weighted by Gasteiger charge is -2.15. The van der Waals surface area contributed by atoms with Gasteiger partial charge in [-0.05, 0) is 36.8 Å². The number of halogens is 3. The van der Waals surface area contributed by atoms with Crippen molar-refractivity contribution in [2.24, 2.45) is 7.05 Å². The van der Waals surface area contributed by atoms with E-state index in [2.05, 4.69) is 15.5 Å². The Labute approximate surface area is 176 Å². The van der Waals surface area contributed by atoms with Crippen LogP contribution in [0.4, 0.5) is 4.39 Å². The Morgan fingerprint density at radius 3 is 2.71 bits per heavy atom. The second-order valence-corrected chi connectivity index (χ2v) is 7.87. The normalized spacial score (nSPS) is 12.0.